The lowest BCUT2D eigenvalue weighted by Gasteiger charge is -1.99. The van der Waals surface area contributed by atoms with Crippen molar-refractivity contribution in [2.45, 2.75) is 19.8 Å². The van der Waals surface area contributed by atoms with Crippen molar-refractivity contribution >= 4 is 39.1 Å². The quantitative estimate of drug-likeness (QED) is 0.797. The number of hydrogen-bond acceptors (Lipinski definition) is 5. The highest BCUT2D eigenvalue weighted by Crippen LogP contribution is 2.30. The molecular weight excluding hydrogens is 312 g/mol. The van der Waals surface area contributed by atoms with Gasteiger partial charge < -0.3 is 5.11 Å². The summed E-state index contributed by atoms with van der Waals surface area (Å²) in [6.07, 6.45) is 1.71. The van der Waals surface area contributed by atoms with Gasteiger partial charge in [0.15, 0.2) is 11.0 Å². The van der Waals surface area contributed by atoms with E-state index in [2.05, 4.69) is 22.2 Å². The van der Waals surface area contributed by atoms with Gasteiger partial charge in [-0.25, -0.2) is 9.48 Å². The average Bonchev–Trinajstić information content (AvgIpc) is 3.01. The van der Waals surface area contributed by atoms with Crippen LogP contribution < -0.4 is 0 Å². The van der Waals surface area contributed by atoms with E-state index in [9.17, 15) is 4.79 Å². The van der Waals surface area contributed by atoms with Crippen LogP contribution in [0.2, 0.25) is 5.15 Å². The minimum Gasteiger partial charge on any atom is -0.477 e. The minimum atomic E-state index is -0.938. The van der Waals surface area contributed by atoms with Gasteiger partial charge in [0.1, 0.15) is 9.71 Å². The van der Waals surface area contributed by atoms with Crippen molar-refractivity contribution < 1.29 is 9.90 Å². The van der Waals surface area contributed by atoms with Gasteiger partial charge in [-0.3, -0.25) is 0 Å². The summed E-state index contributed by atoms with van der Waals surface area (Å²) in [5.41, 5.74) is 0.869. The minimum absolute atomic E-state index is 0.287. The Morgan fingerprint density at radius 2 is 2.24 bits per heavy atom. The lowest BCUT2D eigenvalue weighted by molar-refractivity contribution is 0.0702. The molecule has 0 aromatic carbocycles. The Kier molecular flexibility index (Phi) is 3.60. The Balaban J connectivity index is 2.21. The smallest absolute Gasteiger partial charge is 0.345 e. The van der Waals surface area contributed by atoms with E-state index in [0.717, 1.165) is 28.8 Å². The molecule has 0 spiro atoms. The van der Waals surface area contributed by atoms with E-state index in [1.54, 1.807) is 22.9 Å². The molecule has 0 amide bonds. The summed E-state index contributed by atoms with van der Waals surface area (Å²) in [7, 11) is 0. The third-order valence-electron chi connectivity index (χ3n) is 2.97. The van der Waals surface area contributed by atoms with Gasteiger partial charge in [0.05, 0.1) is 5.69 Å². The summed E-state index contributed by atoms with van der Waals surface area (Å²) in [5, 5.41) is 22.6. The van der Waals surface area contributed by atoms with Crippen molar-refractivity contribution in [2.24, 2.45) is 0 Å². The molecule has 0 saturated carbocycles. The first kappa shape index (κ1) is 14.0. The normalized spacial score (nSPS) is 11.1. The van der Waals surface area contributed by atoms with Gasteiger partial charge in [-0.1, -0.05) is 24.9 Å². The van der Waals surface area contributed by atoms with E-state index in [1.807, 2.05) is 0 Å². The molecule has 0 aliphatic carbocycles. The van der Waals surface area contributed by atoms with Crippen LogP contribution in [0.4, 0.5) is 0 Å². The van der Waals surface area contributed by atoms with Crippen LogP contribution in [0.5, 0.6) is 0 Å². The van der Waals surface area contributed by atoms with Crippen molar-refractivity contribution in [2.75, 3.05) is 0 Å². The van der Waals surface area contributed by atoms with Gasteiger partial charge in [-0.05, 0) is 24.6 Å². The highest BCUT2D eigenvalue weighted by Gasteiger charge is 2.18. The van der Waals surface area contributed by atoms with E-state index < -0.39 is 5.97 Å². The van der Waals surface area contributed by atoms with Gasteiger partial charge >= 0.3 is 5.97 Å². The second kappa shape index (κ2) is 5.42. The second-order valence-corrected chi connectivity index (χ2v) is 5.88. The molecule has 0 aliphatic rings. The standard InChI is InChI=1S/C13H11ClN4O2S/c1-2-3-8-7-6-9(13(19)20)21-12(7)18(17-8)11-5-4-10(14)15-16-11/h4-6H,2-3H2,1H3,(H,19,20). The number of aryl methyl sites for hydroxylation is 1. The molecule has 6 nitrogen and oxygen atoms in total. The van der Waals surface area contributed by atoms with Crippen LogP contribution >= 0.6 is 22.9 Å². The molecule has 8 heteroatoms. The zero-order valence-corrected chi connectivity index (χ0v) is 12.6. The SMILES string of the molecule is CCCc1nn(-c2ccc(Cl)nn2)c2sc(C(=O)O)cc12. The molecule has 3 aromatic heterocycles. The molecule has 1 N–H and O–H groups in total. The molecule has 108 valence electrons. The van der Waals surface area contributed by atoms with Crippen LogP contribution in [-0.4, -0.2) is 31.1 Å². The number of carboxylic acid groups (broad SMARTS) is 1. The summed E-state index contributed by atoms with van der Waals surface area (Å²) in [5.74, 6) is -0.419. The fourth-order valence-electron chi connectivity index (χ4n) is 2.07. The van der Waals surface area contributed by atoms with Crippen molar-refractivity contribution in [1.29, 1.82) is 0 Å². The Hall–Kier alpha value is -1.99. The third-order valence-corrected chi connectivity index (χ3v) is 4.27. The van der Waals surface area contributed by atoms with E-state index in [0.29, 0.717) is 11.0 Å². The summed E-state index contributed by atoms with van der Waals surface area (Å²) >= 11 is 6.92. The van der Waals surface area contributed by atoms with E-state index in [1.165, 1.54) is 11.3 Å². The molecule has 3 heterocycles. The van der Waals surface area contributed by atoms with Gasteiger partial charge in [0, 0.05) is 5.39 Å². The van der Waals surface area contributed by atoms with Gasteiger partial charge in [0.25, 0.3) is 0 Å². The number of rotatable bonds is 4. The number of hydrogen-bond donors (Lipinski definition) is 1. The Labute approximate surface area is 129 Å². The van der Waals surface area contributed by atoms with Crippen molar-refractivity contribution in [3.8, 4) is 5.82 Å². The lowest BCUT2D eigenvalue weighted by Crippen LogP contribution is -2.01. The van der Waals surface area contributed by atoms with Gasteiger partial charge in [-0.2, -0.15) is 5.10 Å². The van der Waals surface area contributed by atoms with Crippen LogP contribution in [0.15, 0.2) is 18.2 Å². The fraction of sp³-hybridized carbons (Fsp3) is 0.231. The number of fused-ring (bicyclic) bond motifs is 1. The number of thiophene rings is 1. The molecule has 0 radical (unpaired) electrons. The predicted octanol–water partition coefficient (Wildman–Crippen LogP) is 3.18. The fourth-order valence-corrected chi connectivity index (χ4v) is 3.15. The number of aromatic carboxylic acids is 1. The molecule has 0 unspecified atom stereocenters. The molecule has 0 saturated heterocycles. The summed E-state index contributed by atoms with van der Waals surface area (Å²) in [6.45, 7) is 2.05. The van der Waals surface area contributed by atoms with Crippen LogP contribution in [0, 0.1) is 0 Å². The third kappa shape index (κ3) is 2.50. The summed E-state index contributed by atoms with van der Waals surface area (Å²) in [4.78, 5) is 12.2. The van der Waals surface area contributed by atoms with E-state index >= 15 is 0 Å². The van der Waals surface area contributed by atoms with Crippen molar-refractivity contribution in [3.05, 3.63) is 33.9 Å². The lowest BCUT2D eigenvalue weighted by atomic mass is 10.2. The maximum absolute atomic E-state index is 11.2. The van der Waals surface area contributed by atoms with Crippen LogP contribution in [0.1, 0.15) is 28.7 Å². The van der Waals surface area contributed by atoms with E-state index in [-0.39, 0.29) is 4.88 Å². The highest BCUT2D eigenvalue weighted by molar-refractivity contribution is 7.20. The maximum atomic E-state index is 11.2. The molecule has 0 bridgehead atoms. The maximum Gasteiger partial charge on any atom is 0.345 e. The summed E-state index contributed by atoms with van der Waals surface area (Å²) in [6, 6.07) is 5.00. The van der Waals surface area contributed by atoms with Crippen molar-refractivity contribution in [3.63, 3.8) is 0 Å². The van der Waals surface area contributed by atoms with E-state index in [4.69, 9.17) is 16.7 Å². The monoisotopic (exact) mass is 322 g/mol. The molecule has 0 fully saturated rings. The zero-order chi connectivity index (χ0) is 15.0. The molecule has 0 atom stereocenters. The first-order valence-electron chi connectivity index (χ1n) is 6.34. The molecule has 21 heavy (non-hydrogen) atoms. The number of carbonyl (C=O) groups is 1. The molecule has 3 aromatic rings. The molecule has 3 rings (SSSR count). The number of nitrogens with zero attached hydrogens (tertiary/aromatic N) is 4. The van der Waals surface area contributed by atoms with Crippen LogP contribution in [0.3, 0.4) is 0 Å². The Morgan fingerprint density at radius 1 is 1.43 bits per heavy atom. The largest absolute Gasteiger partial charge is 0.477 e. The predicted molar refractivity (Wildman–Crippen MR) is 80.5 cm³/mol. The first-order chi connectivity index (χ1) is 10.1. The van der Waals surface area contributed by atoms with Crippen molar-refractivity contribution in [1.82, 2.24) is 20.0 Å². The Bertz CT molecular complexity index is 810. The number of halogens is 1. The zero-order valence-electron chi connectivity index (χ0n) is 11.1. The topological polar surface area (TPSA) is 80.9 Å². The number of carboxylic acids is 1. The highest BCUT2D eigenvalue weighted by atomic mass is 35.5. The van der Waals surface area contributed by atoms with Gasteiger partial charge in [-0.15, -0.1) is 21.5 Å². The Morgan fingerprint density at radius 3 is 2.86 bits per heavy atom. The van der Waals surface area contributed by atoms with Crippen LogP contribution in [-0.2, 0) is 6.42 Å². The summed E-state index contributed by atoms with van der Waals surface area (Å²) < 4.78 is 1.63. The molecular formula is C13H11ClN4O2S. The number of aromatic nitrogens is 4. The second-order valence-electron chi connectivity index (χ2n) is 4.46. The molecule has 0 aliphatic heterocycles. The van der Waals surface area contributed by atoms with Crippen LogP contribution in [0.25, 0.3) is 16.0 Å². The van der Waals surface area contributed by atoms with Gasteiger partial charge in [0.2, 0.25) is 0 Å². The first-order valence-corrected chi connectivity index (χ1v) is 7.54. The average molecular weight is 323 g/mol.